The normalized spacial score (nSPS) is 25.7. The van der Waals surface area contributed by atoms with Crippen molar-refractivity contribution < 1.29 is 19.4 Å². The van der Waals surface area contributed by atoms with Crippen molar-refractivity contribution in [1.29, 1.82) is 0 Å². The van der Waals surface area contributed by atoms with Gasteiger partial charge in [0.2, 0.25) is 0 Å². The molecule has 1 N–H and O–H groups in total. The molecule has 1 saturated heterocycles. The Bertz CT molecular complexity index is 487. The van der Waals surface area contributed by atoms with E-state index in [0.717, 1.165) is 18.4 Å². The molecule has 0 aromatic carbocycles. The third-order valence-electron chi connectivity index (χ3n) is 3.71. The van der Waals surface area contributed by atoms with Gasteiger partial charge in [-0.05, 0) is 45.6 Å². The van der Waals surface area contributed by atoms with Crippen LogP contribution in [0.2, 0.25) is 0 Å². The van der Waals surface area contributed by atoms with Crippen LogP contribution in [-0.2, 0) is 9.53 Å². The summed E-state index contributed by atoms with van der Waals surface area (Å²) in [6, 6.07) is -0.805. The molecule has 1 aliphatic heterocycles. The summed E-state index contributed by atoms with van der Waals surface area (Å²) >= 11 is 0. The van der Waals surface area contributed by atoms with E-state index in [1.807, 2.05) is 6.08 Å². The predicted octanol–water partition coefficient (Wildman–Crippen LogP) is 2.97. The Morgan fingerprint density at radius 2 is 2.05 bits per heavy atom. The fourth-order valence-corrected chi connectivity index (χ4v) is 2.77. The summed E-state index contributed by atoms with van der Waals surface area (Å²) in [5.74, 6) is -0.890. The summed E-state index contributed by atoms with van der Waals surface area (Å²) < 4.78 is 5.32. The van der Waals surface area contributed by atoms with Gasteiger partial charge in [0.1, 0.15) is 11.6 Å². The number of carboxylic acid groups (broad SMARTS) is 1. The van der Waals surface area contributed by atoms with Gasteiger partial charge in [0, 0.05) is 12.5 Å². The van der Waals surface area contributed by atoms with Gasteiger partial charge in [0.25, 0.3) is 0 Å². The number of ether oxygens (including phenoxy) is 1. The highest BCUT2D eigenvalue weighted by atomic mass is 16.6. The van der Waals surface area contributed by atoms with E-state index in [1.165, 1.54) is 4.90 Å². The highest BCUT2D eigenvalue weighted by Crippen LogP contribution is 2.32. The molecule has 0 bridgehead atoms. The van der Waals surface area contributed by atoms with Gasteiger partial charge < -0.3 is 9.84 Å². The highest BCUT2D eigenvalue weighted by molar-refractivity contribution is 5.81. The predicted molar refractivity (Wildman–Crippen MR) is 78.9 cm³/mol. The third kappa shape index (κ3) is 3.86. The van der Waals surface area contributed by atoms with E-state index in [2.05, 4.69) is 12.2 Å². The van der Waals surface area contributed by atoms with Crippen LogP contribution in [0.15, 0.2) is 23.8 Å². The molecule has 0 aromatic rings. The van der Waals surface area contributed by atoms with E-state index in [0.29, 0.717) is 13.0 Å². The summed E-state index contributed by atoms with van der Waals surface area (Å²) in [4.78, 5) is 25.0. The second-order valence-electron chi connectivity index (χ2n) is 6.60. The van der Waals surface area contributed by atoms with Gasteiger partial charge in [-0.3, -0.25) is 4.90 Å². The summed E-state index contributed by atoms with van der Waals surface area (Å²) in [5.41, 5.74) is 0.515. The van der Waals surface area contributed by atoms with E-state index in [9.17, 15) is 14.7 Å². The van der Waals surface area contributed by atoms with Gasteiger partial charge in [0.15, 0.2) is 0 Å². The molecule has 0 aromatic heterocycles. The molecule has 2 atom stereocenters. The highest BCUT2D eigenvalue weighted by Gasteiger charge is 2.42. The van der Waals surface area contributed by atoms with E-state index in [4.69, 9.17) is 4.74 Å². The molecule has 5 heteroatoms. The van der Waals surface area contributed by atoms with Gasteiger partial charge in [0.05, 0.1) is 0 Å². The van der Waals surface area contributed by atoms with Gasteiger partial charge in [-0.1, -0.05) is 18.2 Å². The number of hydrogen-bond donors (Lipinski definition) is 1. The second kappa shape index (κ2) is 5.92. The molecule has 1 fully saturated rings. The summed E-state index contributed by atoms with van der Waals surface area (Å²) in [6.45, 7) is 5.74. The van der Waals surface area contributed by atoms with Crippen LogP contribution in [0, 0.1) is 5.92 Å². The Kier molecular flexibility index (Phi) is 4.40. The Balaban J connectivity index is 2.12. The van der Waals surface area contributed by atoms with Gasteiger partial charge in [-0.2, -0.15) is 0 Å². The number of amides is 1. The van der Waals surface area contributed by atoms with Crippen LogP contribution in [-0.4, -0.2) is 40.3 Å². The zero-order chi connectivity index (χ0) is 15.6. The van der Waals surface area contributed by atoms with E-state index >= 15 is 0 Å². The van der Waals surface area contributed by atoms with Crippen molar-refractivity contribution in [3.05, 3.63) is 23.8 Å². The standard InChI is InChI=1S/C16H23NO4/c1-16(2,3)21-15(20)17-10-12(9-13(17)14(18)19)11-7-5-4-6-8-11/h5,7-8,12-13H,4,6,9-10H2,1-3H3,(H,18,19)/t12?,13-/m0/s1. The van der Waals surface area contributed by atoms with Gasteiger partial charge in [-0.25, -0.2) is 9.59 Å². The SMILES string of the molecule is CC(C)(C)OC(=O)N1CC(C2=CCCC=C2)C[C@H]1C(=O)O. The van der Waals surface area contributed by atoms with Crippen LogP contribution in [0.1, 0.15) is 40.0 Å². The molecule has 1 amide bonds. The molecular formula is C16H23NO4. The van der Waals surface area contributed by atoms with Gasteiger partial charge >= 0.3 is 12.1 Å². The zero-order valence-electron chi connectivity index (χ0n) is 12.8. The molecule has 5 nitrogen and oxygen atoms in total. The van der Waals surface area contributed by atoms with Crippen LogP contribution in [0.5, 0.6) is 0 Å². The largest absolute Gasteiger partial charge is 0.480 e. The molecule has 0 radical (unpaired) electrons. The first kappa shape index (κ1) is 15.6. The van der Waals surface area contributed by atoms with E-state index in [-0.39, 0.29) is 5.92 Å². The number of allylic oxidation sites excluding steroid dienone is 3. The molecule has 1 heterocycles. The minimum Gasteiger partial charge on any atom is -0.480 e. The Hall–Kier alpha value is -1.78. The zero-order valence-corrected chi connectivity index (χ0v) is 12.8. The molecule has 0 spiro atoms. The molecule has 2 rings (SSSR count). The lowest BCUT2D eigenvalue weighted by atomic mass is 9.92. The number of carbonyl (C=O) groups is 2. The van der Waals surface area contributed by atoms with Crippen molar-refractivity contribution in [2.45, 2.75) is 51.7 Å². The third-order valence-corrected chi connectivity index (χ3v) is 3.71. The lowest BCUT2D eigenvalue weighted by Crippen LogP contribution is -2.43. The fraction of sp³-hybridized carbons (Fsp3) is 0.625. The summed E-state index contributed by atoms with van der Waals surface area (Å²) in [7, 11) is 0. The maximum absolute atomic E-state index is 12.2. The molecule has 116 valence electrons. The molecule has 2 aliphatic rings. The summed E-state index contributed by atoms with van der Waals surface area (Å²) in [5, 5.41) is 9.36. The van der Waals surface area contributed by atoms with Crippen molar-refractivity contribution in [3.63, 3.8) is 0 Å². The molecular weight excluding hydrogens is 270 g/mol. The van der Waals surface area contributed by atoms with Crippen molar-refractivity contribution in [2.75, 3.05) is 6.54 Å². The smallest absolute Gasteiger partial charge is 0.411 e. The van der Waals surface area contributed by atoms with Crippen LogP contribution in [0.4, 0.5) is 4.79 Å². The first-order valence-electron chi connectivity index (χ1n) is 7.37. The molecule has 0 saturated carbocycles. The first-order chi connectivity index (χ1) is 9.78. The first-order valence-corrected chi connectivity index (χ1v) is 7.37. The fourth-order valence-electron chi connectivity index (χ4n) is 2.77. The van der Waals surface area contributed by atoms with Crippen molar-refractivity contribution in [3.8, 4) is 0 Å². The average Bonchev–Trinajstić information content (AvgIpc) is 2.83. The van der Waals surface area contributed by atoms with Crippen molar-refractivity contribution in [2.24, 2.45) is 5.92 Å². The topological polar surface area (TPSA) is 66.8 Å². The molecule has 1 unspecified atom stereocenters. The van der Waals surface area contributed by atoms with E-state index in [1.54, 1.807) is 20.8 Å². The quantitative estimate of drug-likeness (QED) is 0.850. The van der Waals surface area contributed by atoms with Crippen LogP contribution >= 0.6 is 0 Å². The minimum absolute atomic E-state index is 0.0789. The van der Waals surface area contributed by atoms with Crippen LogP contribution < -0.4 is 0 Å². The number of likely N-dealkylation sites (tertiary alicyclic amines) is 1. The number of aliphatic carboxylic acids is 1. The number of hydrogen-bond acceptors (Lipinski definition) is 3. The summed E-state index contributed by atoms with van der Waals surface area (Å²) in [6.07, 6.45) is 8.19. The lowest BCUT2D eigenvalue weighted by Gasteiger charge is -2.26. The number of carboxylic acids is 1. The number of carbonyl (C=O) groups excluding carboxylic acids is 1. The number of rotatable bonds is 2. The Morgan fingerprint density at radius 3 is 2.57 bits per heavy atom. The second-order valence-corrected chi connectivity index (χ2v) is 6.60. The average molecular weight is 293 g/mol. The monoisotopic (exact) mass is 293 g/mol. The van der Waals surface area contributed by atoms with Crippen LogP contribution in [0.25, 0.3) is 0 Å². The Morgan fingerprint density at radius 1 is 1.33 bits per heavy atom. The van der Waals surface area contributed by atoms with Crippen molar-refractivity contribution in [1.82, 2.24) is 4.90 Å². The maximum atomic E-state index is 12.2. The minimum atomic E-state index is -0.969. The van der Waals surface area contributed by atoms with Crippen LogP contribution in [0.3, 0.4) is 0 Å². The van der Waals surface area contributed by atoms with Gasteiger partial charge in [-0.15, -0.1) is 0 Å². The number of nitrogens with zero attached hydrogens (tertiary/aromatic N) is 1. The Labute approximate surface area is 125 Å². The van der Waals surface area contributed by atoms with Crippen molar-refractivity contribution >= 4 is 12.1 Å². The lowest BCUT2D eigenvalue weighted by molar-refractivity contribution is -0.142. The maximum Gasteiger partial charge on any atom is 0.411 e. The van der Waals surface area contributed by atoms with E-state index < -0.39 is 23.7 Å². The molecule has 1 aliphatic carbocycles. The molecule has 21 heavy (non-hydrogen) atoms.